The number of benzene rings is 1. The van der Waals surface area contributed by atoms with E-state index in [0.717, 1.165) is 94.0 Å². The average Bonchev–Trinajstić information content (AvgIpc) is 2.93. The molecule has 9 nitrogen and oxygen atoms in total. The van der Waals surface area contributed by atoms with Crippen LogP contribution < -0.4 is 10.6 Å². The van der Waals surface area contributed by atoms with E-state index in [-0.39, 0.29) is 18.4 Å². The van der Waals surface area contributed by atoms with Crippen LogP contribution in [0.25, 0.3) is 0 Å². The smallest absolute Gasteiger partial charge is 0.326 e. The number of pyridine rings is 1. The second-order valence-electron chi connectivity index (χ2n) is 12.5. The van der Waals surface area contributed by atoms with Crippen LogP contribution in [0.5, 0.6) is 0 Å². The molecule has 1 aromatic carbocycles. The van der Waals surface area contributed by atoms with Gasteiger partial charge in [-0.3, -0.25) is 9.69 Å². The highest BCUT2D eigenvalue weighted by Crippen LogP contribution is 2.34. The third-order valence-electron chi connectivity index (χ3n) is 9.14. The largest absolute Gasteiger partial charge is 0.480 e. The van der Waals surface area contributed by atoms with Crippen molar-refractivity contribution in [2.75, 3.05) is 51.7 Å². The number of amides is 1. The molecule has 0 radical (unpaired) electrons. The fraction of sp³-hybridized carbons (Fsp3) is 0.606. The summed E-state index contributed by atoms with van der Waals surface area (Å²) in [7, 11) is 2.15. The molecule has 0 spiro atoms. The lowest BCUT2D eigenvalue weighted by Gasteiger charge is -2.35. The SMILES string of the molecule is Cc1cc(CN2CCN(C)CC2)cc(C)c1C(=O)N[C@@H](CCO[C@H]1C[C@@H](CCc2ccc3c(n2)NCCC3)C1)C(=O)O. The Hall–Kier alpha value is -3.01. The fourth-order valence-electron chi connectivity index (χ4n) is 6.51. The highest BCUT2D eigenvalue weighted by atomic mass is 16.5. The van der Waals surface area contributed by atoms with Crippen molar-refractivity contribution in [2.45, 2.75) is 77.5 Å². The number of aromatic nitrogens is 1. The van der Waals surface area contributed by atoms with Crippen LogP contribution in [0.2, 0.25) is 0 Å². The third-order valence-corrected chi connectivity index (χ3v) is 9.14. The monoisotopic (exact) mass is 577 g/mol. The minimum absolute atomic E-state index is 0.163. The Morgan fingerprint density at radius 2 is 1.88 bits per heavy atom. The van der Waals surface area contributed by atoms with E-state index in [1.165, 1.54) is 17.5 Å². The van der Waals surface area contributed by atoms with Gasteiger partial charge in [0.15, 0.2) is 0 Å². The number of anilines is 1. The molecule has 1 aliphatic carbocycles. The first kappa shape index (κ1) is 30.4. The lowest BCUT2D eigenvalue weighted by Crippen LogP contribution is -2.44. The molecule has 1 amide bonds. The first-order valence-electron chi connectivity index (χ1n) is 15.6. The zero-order valence-electron chi connectivity index (χ0n) is 25.5. The van der Waals surface area contributed by atoms with Gasteiger partial charge in [-0.25, -0.2) is 9.78 Å². The lowest BCUT2D eigenvalue weighted by molar-refractivity contribution is -0.140. The number of aryl methyl sites for hydroxylation is 4. The molecule has 3 heterocycles. The summed E-state index contributed by atoms with van der Waals surface area (Å²) in [5.74, 6) is 0.295. The first-order chi connectivity index (χ1) is 20.2. The summed E-state index contributed by atoms with van der Waals surface area (Å²) < 4.78 is 6.00. The van der Waals surface area contributed by atoms with Gasteiger partial charge in [0, 0.05) is 63.6 Å². The molecule has 1 atom stereocenters. The number of piperazine rings is 1. The molecular formula is C33H47N5O4. The Labute approximate surface area is 250 Å². The van der Waals surface area contributed by atoms with Crippen LogP contribution in [0, 0.1) is 19.8 Å². The average molecular weight is 578 g/mol. The molecule has 2 aromatic rings. The van der Waals surface area contributed by atoms with E-state index in [0.29, 0.717) is 18.1 Å². The number of nitrogens with zero attached hydrogens (tertiary/aromatic N) is 3. The van der Waals surface area contributed by atoms with E-state index >= 15 is 0 Å². The van der Waals surface area contributed by atoms with Crippen molar-refractivity contribution >= 4 is 17.7 Å². The van der Waals surface area contributed by atoms with E-state index in [1.54, 1.807) is 0 Å². The molecule has 2 aliphatic heterocycles. The van der Waals surface area contributed by atoms with E-state index < -0.39 is 12.0 Å². The molecule has 9 heteroatoms. The van der Waals surface area contributed by atoms with Crippen molar-refractivity contribution in [3.05, 3.63) is 57.8 Å². The zero-order chi connectivity index (χ0) is 29.6. The normalized spacial score (nSPS) is 21.6. The van der Waals surface area contributed by atoms with Crippen LogP contribution in [0.1, 0.15) is 70.4 Å². The Kier molecular flexibility index (Phi) is 10.1. The summed E-state index contributed by atoms with van der Waals surface area (Å²) >= 11 is 0. The van der Waals surface area contributed by atoms with Gasteiger partial charge >= 0.3 is 5.97 Å². The molecule has 1 saturated carbocycles. The van der Waals surface area contributed by atoms with Gasteiger partial charge in [-0.2, -0.15) is 0 Å². The van der Waals surface area contributed by atoms with Crippen molar-refractivity contribution in [2.24, 2.45) is 5.92 Å². The molecule has 5 rings (SSSR count). The first-order valence-corrected chi connectivity index (χ1v) is 15.6. The Morgan fingerprint density at radius 1 is 1.14 bits per heavy atom. The van der Waals surface area contributed by atoms with Crippen LogP contribution in [-0.2, 0) is 28.9 Å². The number of rotatable bonds is 12. The fourth-order valence-corrected chi connectivity index (χ4v) is 6.51. The molecule has 228 valence electrons. The number of fused-ring (bicyclic) bond motifs is 1. The lowest BCUT2D eigenvalue weighted by atomic mass is 9.79. The van der Waals surface area contributed by atoms with E-state index in [9.17, 15) is 14.7 Å². The number of carbonyl (C=O) groups excluding carboxylic acids is 1. The van der Waals surface area contributed by atoms with E-state index in [4.69, 9.17) is 9.72 Å². The van der Waals surface area contributed by atoms with Crippen LogP contribution in [0.3, 0.4) is 0 Å². The van der Waals surface area contributed by atoms with Gasteiger partial charge in [-0.05, 0) is 93.7 Å². The molecule has 3 aliphatic rings. The van der Waals surface area contributed by atoms with Gasteiger partial charge in [0.05, 0.1) is 6.10 Å². The maximum atomic E-state index is 13.2. The summed E-state index contributed by atoms with van der Waals surface area (Å²) in [4.78, 5) is 34.7. The molecule has 1 aromatic heterocycles. The number of aliphatic carboxylic acids is 1. The highest BCUT2D eigenvalue weighted by Gasteiger charge is 2.30. The van der Waals surface area contributed by atoms with Crippen molar-refractivity contribution in [1.82, 2.24) is 20.1 Å². The van der Waals surface area contributed by atoms with Crippen LogP contribution >= 0.6 is 0 Å². The topological polar surface area (TPSA) is 107 Å². The molecule has 0 unspecified atom stereocenters. The minimum Gasteiger partial charge on any atom is -0.480 e. The second kappa shape index (κ2) is 14.0. The maximum absolute atomic E-state index is 13.2. The van der Waals surface area contributed by atoms with Crippen LogP contribution in [0.15, 0.2) is 24.3 Å². The van der Waals surface area contributed by atoms with Gasteiger partial charge in [-0.1, -0.05) is 18.2 Å². The van der Waals surface area contributed by atoms with Gasteiger partial charge in [0.1, 0.15) is 11.9 Å². The predicted molar refractivity (Wildman–Crippen MR) is 164 cm³/mol. The van der Waals surface area contributed by atoms with Gasteiger partial charge in [0.2, 0.25) is 0 Å². The molecule has 2 fully saturated rings. The molecule has 42 heavy (non-hydrogen) atoms. The van der Waals surface area contributed by atoms with Gasteiger partial charge in [0.25, 0.3) is 5.91 Å². The summed E-state index contributed by atoms with van der Waals surface area (Å²) in [5, 5.41) is 16.0. The highest BCUT2D eigenvalue weighted by molar-refractivity contribution is 5.99. The Balaban J connectivity index is 1.04. The van der Waals surface area contributed by atoms with Gasteiger partial charge in [-0.15, -0.1) is 0 Å². The van der Waals surface area contributed by atoms with E-state index in [1.807, 2.05) is 13.8 Å². The maximum Gasteiger partial charge on any atom is 0.326 e. The quantitative estimate of drug-likeness (QED) is 0.350. The summed E-state index contributed by atoms with van der Waals surface area (Å²) in [6.45, 7) is 10.2. The van der Waals surface area contributed by atoms with Crippen molar-refractivity contribution in [3.8, 4) is 0 Å². The summed E-state index contributed by atoms with van der Waals surface area (Å²) in [6.07, 6.45) is 6.72. The Morgan fingerprint density at radius 3 is 2.60 bits per heavy atom. The Bertz CT molecular complexity index is 1230. The number of likely N-dealkylation sites (N-methyl/N-ethyl adjacent to an activating group) is 1. The standard InChI is InChI=1S/C33H47N5O4/c1-22-17-25(21-38-14-12-37(3)13-15-38)18-23(2)30(22)32(39)36-29(33(40)41)10-16-42-28-19-24(20-28)6-8-27-9-7-26-5-4-11-34-31(26)35-27/h7,9,17-18,24,28-29H,4-6,8,10-16,19-21H2,1-3H3,(H,34,35)(H,36,39)(H,40,41)/t24-,28+,29-/m0/s1. The molecule has 3 N–H and O–H groups in total. The summed E-state index contributed by atoms with van der Waals surface area (Å²) in [6, 6.07) is 7.50. The van der Waals surface area contributed by atoms with Gasteiger partial charge < -0.3 is 25.4 Å². The molecule has 0 bridgehead atoms. The number of carbonyl (C=O) groups is 2. The predicted octanol–water partition coefficient (Wildman–Crippen LogP) is 3.81. The summed E-state index contributed by atoms with van der Waals surface area (Å²) in [5.41, 5.74) is 5.96. The van der Waals surface area contributed by atoms with Crippen LogP contribution in [0.4, 0.5) is 5.82 Å². The zero-order valence-corrected chi connectivity index (χ0v) is 25.5. The number of hydrogen-bond donors (Lipinski definition) is 3. The molecule has 1 saturated heterocycles. The van der Waals surface area contributed by atoms with Crippen molar-refractivity contribution in [1.29, 1.82) is 0 Å². The van der Waals surface area contributed by atoms with Crippen molar-refractivity contribution < 1.29 is 19.4 Å². The number of hydrogen-bond acceptors (Lipinski definition) is 7. The number of carboxylic acids is 1. The molecular weight excluding hydrogens is 530 g/mol. The minimum atomic E-state index is -1.03. The number of carboxylic acid groups (broad SMARTS) is 1. The third kappa shape index (κ3) is 7.88. The van der Waals surface area contributed by atoms with Crippen molar-refractivity contribution in [3.63, 3.8) is 0 Å². The van der Waals surface area contributed by atoms with E-state index in [2.05, 4.69) is 51.7 Å². The number of nitrogens with one attached hydrogen (secondary N) is 2. The van der Waals surface area contributed by atoms with Crippen LogP contribution in [-0.4, -0.2) is 90.3 Å². The number of ether oxygens (including phenoxy) is 1. The second-order valence-corrected chi connectivity index (χ2v) is 12.5.